The Bertz CT molecular complexity index is 1470. The number of aliphatic hydroxyl groups is 1. The summed E-state index contributed by atoms with van der Waals surface area (Å²) in [5.41, 5.74) is 3.39. The molecule has 5 rings (SSSR count). The summed E-state index contributed by atoms with van der Waals surface area (Å²) >= 11 is 15.0. The molecule has 4 aromatic rings. The number of hydrogen-bond donors (Lipinski definition) is 1. The van der Waals surface area contributed by atoms with E-state index in [2.05, 4.69) is 0 Å². The first-order valence-electron chi connectivity index (χ1n) is 9.94. The van der Waals surface area contributed by atoms with Crippen LogP contribution in [0.4, 0.5) is 5.13 Å². The molecule has 0 saturated carbocycles. The Morgan fingerprint density at radius 1 is 1.12 bits per heavy atom. The summed E-state index contributed by atoms with van der Waals surface area (Å²) in [5.74, 6) is -1.68. The van der Waals surface area contributed by atoms with Gasteiger partial charge >= 0.3 is 0 Å². The van der Waals surface area contributed by atoms with E-state index in [0.29, 0.717) is 20.6 Å². The number of amides is 1. The minimum atomic E-state index is -0.899. The van der Waals surface area contributed by atoms with E-state index in [1.54, 1.807) is 35.7 Å². The van der Waals surface area contributed by atoms with Gasteiger partial charge in [-0.05, 0) is 60.2 Å². The van der Waals surface area contributed by atoms with Gasteiger partial charge in [0.15, 0.2) is 10.9 Å². The molecule has 0 fully saturated rings. The maximum atomic E-state index is 13.4. The Kier molecular flexibility index (Phi) is 5.53. The molecular weight excluding hydrogens is 499 g/mol. The van der Waals surface area contributed by atoms with E-state index in [1.165, 1.54) is 27.6 Å². The molecule has 5 nitrogen and oxygen atoms in total. The highest BCUT2D eigenvalue weighted by atomic mass is 35.5. The van der Waals surface area contributed by atoms with Crippen LogP contribution in [0.3, 0.4) is 0 Å². The normalized spacial score (nSPS) is 16.3. The van der Waals surface area contributed by atoms with Crippen molar-refractivity contribution in [3.8, 4) is 0 Å². The summed E-state index contributed by atoms with van der Waals surface area (Å²) < 4.78 is 0.917. The molecule has 0 unspecified atom stereocenters. The van der Waals surface area contributed by atoms with Crippen LogP contribution in [0.5, 0.6) is 0 Å². The second kappa shape index (κ2) is 8.25. The number of fused-ring (bicyclic) bond motifs is 1. The van der Waals surface area contributed by atoms with Crippen LogP contribution in [0.1, 0.15) is 32.4 Å². The van der Waals surface area contributed by atoms with E-state index >= 15 is 0 Å². The van der Waals surface area contributed by atoms with Crippen LogP contribution in [-0.2, 0) is 4.79 Å². The lowest BCUT2D eigenvalue weighted by molar-refractivity contribution is -0.117. The first-order valence-corrected chi connectivity index (χ1v) is 12.4. The van der Waals surface area contributed by atoms with Crippen molar-refractivity contribution >= 4 is 72.9 Å². The number of halogens is 2. The zero-order valence-corrected chi connectivity index (χ0v) is 20.6. The zero-order chi connectivity index (χ0) is 23.4. The number of thiazole rings is 1. The van der Waals surface area contributed by atoms with Crippen molar-refractivity contribution in [2.45, 2.75) is 19.9 Å². The van der Waals surface area contributed by atoms with Crippen LogP contribution in [0.2, 0.25) is 10.0 Å². The summed E-state index contributed by atoms with van der Waals surface area (Å²) in [6, 6.07) is 11.5. The third kappa shape index (κ3) is 3.65. The van der Waals surface area contributed by atoms with Crippen molar-refractivity contribution in [2.75, 3.05) is 4.90 Å². The van der Waals surface area contributed by atoms with E-state index < -0.39 is 23.5 Å². The number of thiophene rings is 1. The Labute approximate surface area is 207 Å². The maximum Gasteiger partial charge on any atom is 0.296 e. The van der Waals surface area contributed by atoms with E-state index in [9.17, 15) is 14.7 Å². The number of carbonyl (C=O) groups excluding carboxylic acids is 2. The van der Waals surface area contributed by atoms with E-state index in [4.69, 9.17) is 28.2 Å². The van der Waals surface area contributed by atoms with Crippen molar-refractivity contribution in [1.82, 2.24) is 4.98 Å². The monoisotopic (exact) mass is 514 g/mol. The quantitative estimate of drug-likeness (QED) is 0.295. The summed E-state index contributed by atoms with van der Waals surface area (Å²) in [4.78, 5) is 33.2. The predicted octanol–water partition coefficient (Wildman–Crippen LogP) is 7.06. The molecule has 0 radical (unpaired) electrons. The second-order valence-corrected chi connectivity index (χ2v) is 10.5. The number of aromatic nitrogens is 1. The van der Waals surface area contributed by atoms with Gasteiger partial charge in [0.2, 0.25) is 5.78 Å². The molecule has 1 aliphatic heterocycles. The molecule has 0 spiro atoms. The van der Waals surface area contributed by atoms with E-state index in [0.717, 1.165) is 21.3 Å². The van der Waals surface area contributed by atoms with Gasteiger partial charge in [-0.3, -0.25) is 14.5 Å². The van der Waals surface area contributed by atoms with Gasteiger partial charge in [-0.2, -0.15) is 0 Å². The number of anilines is 1. The van der Waals surface area contributed by atoms with E-state index in [1.807, 2.05) is 26.0 Å². The van der Waals surface area contributed by atoms with Gasteiger partial charge in [0, 0.05) is 0 Å². The Morgan fingerprint density at radius 2 is 1.91 bits per heavy atom. The zero-order valence-electron chi connectivity index (χ0n) is 17.4. The lowest BCUT2D eigenvalue weighted by Crippen LogP contribution is -2.30. The number of aryl methyl sites for hydroxylation is 2. The fraction of sp³-hybridized carbons (Fsp3) is 0.125. The molecule has 1 aliphatic rings. The summed E-state index contributed by atoms with van der Waals surface area (Å²) in [6.45, 7) is 3.96. The summed E-state index contributed by atoms with van der Waals surface area (Å²) in [7, 11) is 0. The van der Waals surface area contributed by atoms with Crippen LogP contribution < -0.4 is 4.90 Å². The van der Waals surface area contributed by atoms with Crippen LogP contribution in [-0.4, -0.2) is 21.8 Å². The van der Waals surface area contributed by atoms with Crippen molar-refractivity contribution in [2.24, 2.45) is 0 Å². The fourth-order valence-corrected chi connectivity index (χ4v) is 6.19. The largest absolute Gasteiger partial charge is 0.503 e. The number of rotatable bonds is 4. The SMILES string of the molecule is Cc1cc(C)c2nc(N3C(=O)C(O)=C(C(=O)c4cccs4)[C@@H]3c3ccc(Cl)c(Cl)c3)sc2c1. The molecule has 166 valence electrons. The highest BCUT2D eigenvalue weighted by molar-refractivity contribution is 7.22. The molecule has 1 amide bonds. The molecule has 0 bridgehead atoms. The number of carbonyl (C=O) groups is 2. The third-order valence-electron chi connectivity index (χ3n) is 5.48. The van der Waals surface area contributed by atoms with Gasteiger partial charge in [-0.1, -0.05) is 52.7 Å². The topological polar surface area (TPSA) is 70.5 Å². The maximum absolute atomic E-state index is 13.4. The molecule has 33 heavy (non-hydrogen) atoms. The summed E-state index contributed by atoms with van der Waals surface area (Å²) in [5, 5.41) is 13.7. The minimum absolute atomic E-state index is 0.00648. The molecule has 0 aliphatic carbocycles. The van der Waals surface area contributed by atoms with Gasteiger partial charge in [0.25, 0.3) is 5.91 Å². The van der Waals surface area contributed by atoms with Crippen molar-refractivity contribution in [1.29, 1.82) is 0 Å². The highest BCUT2D eigenvalue weighted by Crippen LogP contribution is 2.45. The van der Waals surface area contributed by atoms with Gasteiger partial charge < -0.3 is 5.11 Å². The van der Waals surface area contributed by atoms with Crippen LogP contribution in [0.25, 0.3) is 10.2 Å². The van der Waals surface area contributed by atoms with Crippen molar-refractivity contribution < 1.29 is 14.7 Å². The highest BCUT2D eigenvalue weighted by Gasteiger charge is 2.46. The molecule has 0 saturated heterocycles. The molecule has 1 N–H and O–H groups in total. The molecule has 2 aromatic carbocycles. The van der Waals surface area contributed by atoms with Gasteiger partial charge in [0.05, 0.1) is 36.8 Å². The predicted molar refractivity (Wildman–Crippen MR) is 134 cm³/mol. The number of aliphatic hydroxyl groups excluding tert-OH is 1. The van der Waals surface area contributed by atoms with Crippen LogP contribution >= 0.6 is 45.9 Å². The Morgan fingerprint density at radius 3 is 2.61 bits per heavy atom. The van der Waals surface area contributed by atoms with Gasteiger partial charge in [-0.15, -0.1) is 11.3 Å². The molecular formula is C24H16Cl2N2O3S2. The van der Waals surface area contributed by atoms with E-state index in [-0.39, 0.29) is 10.6 Å². The molecule has 3 heterocycles. The smallest absolute Gasteiger partial charge is 0.296 e. The number of nitrogens with zero attached hydrogens (tertiary/aromatic N) is 2. The van der Waals surface area contributed by atoms with Crippen molar-refractivity contribution in [3.63, 3.8) is 0 Å². The Hall–Kier alpha value is -2.71. The first kappa shape index (κ1) is 22.1. The number of hydrogen-bond acceptors (Lipinski definition) is 6. The standard InChI is InChI=1S/C24H16Cl2N2O3S2/c1-11-8-12(2)19-17(9-11)33-24(27-19)28-20(13-5-6-14(25)15(26)10-13)18(22(30)23(28)31)21(29)16-4-3-7-32-16/h3-10,20,30H,1-2H3/t20-/m0/s1. The molecule has 1 atom stereocenters. The lowest BCUT2D eigenvalue weighted by atomic mass is 9.95. The van der Waals surface area contributed by atoms with Crippen LogP contribution in [0.15, 0.2) is 59.2 Å². The van der Waals surface area contributed by atoms with Crippen molar-refractivity contribution in [3.05, 3.63) is 90.8 Å². The number of ketones is 1. The lowest BCUT2D eigenvalue weighted by Gasteiger charge is -2.24. The van der Waals surface area contributed by atoms with Gasteiger partial charge in [0.1, 0.15) is 0 Å². The average Bonchev–Trinajstić information content (AvgIpc) is 3.49. The number of Topliss-reactive ketones (excluding diaryl/α,β-unsaturated/α-hetero) is 1. The second-order valence-electron chi connectivity index (χ2n) is 7.74. The number of benzene rings is 2. The third-order valence-corrected chi connectivity index (χ3v) is 8.09. The Balaban J connectivity index is 1.71. The fourth-order valence-electron chi connectivity index (χ4n) is 4.03. The molecule has 2 aromatic heterocycles. The average molecular weight is 515 g/mol. The van der Waals surface area contributed by atoms with Gasteiger partial charge in [-0.25, -0.2) is 4.98 Å². The molecule has 9 heteroatoms. The first-order chi connectivity index (χ1) is 15.8. The van der Waals surface area contributed by atoms with Crippen LogP contribution in [0, 0.1) is 13.8 Å². The minimum Gasteiger partial charge on any atom is -0.503 e. The summed E-state index contributed by atoms with van der Waals surface area (Å²) in [6.07, 6.45) is 0.